The summed E-state index contributed by atoms with van der Waals surface area (Å²) in [5.41, 5.74) is 1.18. The lowest BCUT2D eigenvalue weighted by Crippen LogP contribution is -2.86. The van der Waals surface area contributed by atoms with Crippen molar-refractivity contribution in [2.24, 2.45) is 5.92 Å². The fourth-order valence-electron chi connectivity index (χ4n) is 2.83. The summed E-state index contributed by atoms with van der Waals surface area (Å²) in [5, 5.41) is 2.33. The SMILES string of the molecule is Cc1c(Br)cccc1C(=O)OC(C)(C)C1CC[NH2+]CC1. The van der Waals surface area contributed by atoms with Gasteiger partial charge in [0.2, 0.25) is 0 Å². The van der Waals surface area contributed by atoms with Gasteiger partial charge in [0, 0.05) is 23.2 Å². The number of rotatable bonds is 3. The van der Waals surface area contributed by atoms with Crippen LogP contribution in [0.5, 0.6) is 0 Å². The molecule has 3 nitrogen and oxygen atoms in total. The summed E-state index contributed by atoms with van der Waals surface area (Å²) in [5.74, 6) is 0.229. The number of nitrogens with two attached hydrogens (primary N) is 1. The average molecular weight is 341 g/mol. The molecule has 1 saturated heterocycles. The molecule has 1 aliphatic heterocycles. The van der Waals surface area contributed by atoms with Gasteiger partial charge in [-0.1, -0.05) is 22.0 Å². The van der Waals surface area contributed by atoms with Crippen molar-refractivity contribution in [1.82, 2.24) is 0 Å². The van der Waals surface area contributed by atoms with Crippen molar-refractivity contribution < 1.29 is 14.8 Å². The largest absolute Gasteiger partial charge is 0.456 e. The predicted molar refractivity (Wildman–Crippen MR) is 82.8 cm³/mol. The molecular formula is C16H23BrNO2+. The zero-order chi connectivity index (χ0) is 14.8. The first-order valence-corrected chi connectivity index (χ1v) is 8.01. The molecule has 0 radical (unpaired) electrons. The number of benzene rings is 1. The molecule has 4 heteroatoms. The lowest BCUT2D eigenvalue weighted by atomic mass is 9.83. The first-order valence-electron chi connectivity index (χ1n) is 7.22. The molecule has 2 N–H and O–H groups in total. The van der Waals surface area contributed by atoms with Crippen molar-refractivity contribution in [3.63, 3.8) is 0 Å². The third kappa shape index (κ3) is 3.41. The van der Waals surface area contributed by atoms with Gasteiger partial charge >= 0.3 is 5.97 Å². The summed E-state index contributed by atoms with van der Waals surface area (Å²) in [6, 6.07) is 5.64. The molecule has 0 saturated carbocycles. The molecule has 20 heavy (non-hydrogen) atoms. The fourth-order valence-corrected chi connectivity index (χ4v) is 3.19. The second-order valence-electron chi connectivity index (χ2n) is 6.05. The molecule has 0 amide bonds. The van der Waals surface area contributed by atoms with Crippen LogP contribution in [0, 0.1) is 12.8 Å². The van der Waals surface area contributed by atoms with E-state index in [1.54, 1.807) is 0 Å². The molecule has 110 valence electrons. The third-order valence-corrected chi connectivity index (χ3v) is 5.12. The molecule has 1 aromatic carbocycles. The second kappa shape index (κ2) is 6.27. The van der Waals surface area contributed by atoms with E-state index >= 15 is 0 Å². The van der Waals surface area contributed by atoms with Crippen LogP contribution in [0.4, 0.5) is 0 Å². The number of quaternary nitrogens is 1. The number of hydrogen-bond donors (Lipinski definition) is 1. The minimum atomic E-state index is -0.403. The summed E-state index contributed by atoms with van der Waals surface area (Å²) in [7, 11) is 0. The van der Waals surface area contributed by atoms with Crippen LogP contribution in [0.15, 0.2) is 22.7 Å². The number of halogens is 1. The first-order chi connectivity index (χ1) is 9.42. The number of esters is 1. The Kier molecular flexibility index (Phi) is 4.86. The standard InChI is InChI=1S/C16H22BrNO2/c1-11-13(5-4-6-14(11)17)15(19)20-16(2,3)12-7-9-18-10-8-12/h4-6,12,18H,7-10H2,1-3H3/p+1. The Balaban J connectivity index is 2.11. The highest BCUT2D eigenvalue weighted by Gasteiger charge is 2.35. The van der Waals surface area contributed by atoms with Crippen LogP contribution in [0.3, 0.4) is 0 Å². The summed E-state index contributed by atoms with van der Waals surface area (Å²) < 4.78 is 6.77. The molecule has 1 fully saturated rings. The van der Waals surface area contributed by atoms with Crippen LogP contribution in [0.25, 0.3) is 0 Å². The van der Waals surface area contributed by atoms with Gasteiger partial charge in [-0.2, -0.15) is 0 Å². The van der Waals surface area contributed by atoms with E-state index in [0.29, 0.717) is 11.5 Å². The van der Waals surface area contributed by atoms with E-state index in [1.807, 2.05) is 39.0 Å². The highest BCUT2D eigenvalue weighted by Crippen LogP contribution is 2.30. The van der Waals surface area contributed by atoms with Crippen molar-refractivity contribution in [3.05, 3.63) is 33.8 Å². The second-order valence-corrected chi connectivity index (χ2v) is 6.90. The maximum Gasteiger partial charge on any atom is 0.338 e. The number of ether oxygens (including phenoxy) is 1. The minimum Gasteiger partial charge on any atom is -0.456 e. The van der Waals surface area contributed by atoms with Crippen LogP contribution in [-0.2, 0) is 4.74 Å². The Bertz CT molecular complexity index is 493. The lowest BCUT2D eigenvalue weighted by Gasteiger charge is -2.35. The Labute approximate surface area is 129 Å². The summed E-state index contributed by atoms with van der Waals surface area (Å²) >= 11 is 3.46. The van der Waals surface area contributed by atoms with Crippen molar-refractivity contribution in [1.29, 1.82) is 0 Å². The van der Waals surface area contributed by atoms with Gasteiger partial charge in [0.25, 0.3) is 0 Å². The van der Waals surface area contributed by atoms with Gasteiger partial charge in [0.1, 0.15) is 5.60 Å². The van der Waals surface area contributed by atoms with Gasteiger partial charge in [0.05, 0.1) is 18.7 Å². The molecule has 1 aliphatic rings. The Morgan fingerprint density at radius 1 is 1.35 bits per heavy atom. The summed E-state index contributed by atoms with van der Waals surface area (Å²) in [6.45, 7) is 8.26. The van der Waals surface area contributed by atoms with Crippen molar-refractivity contribution in [2.45, 2.75) is 39.2 Å². The zero-order valence-electron chi connectivity index (χ0n) is 12.4. The first kappa shape index (κ1) is 15.5. The van der Waals surface area contributed by atoms with E-state index in [1.165, 1.54) is 0 Å². The monoisotopic (exact) mass is 340 g/mol. The van der Waals surface area contributed by atoms with Crippen molar-refractivity contribution in [2.75, 3.05) is 13.1 Å². The van der Waals surface area contributed by atoms with Gasteiger partial charge in [0.15, 0.2) is 0 Å². The van der Waals surface area contributed by atoms with Gasteiger partial charge < -0.3 is 10.1 Å². The lowest BCUT2D eigenvalue weighted by molar-refractivity contribution is -0.665. The summed E-state index contributed by atoms with van der Waals surface area (Å²) in [6.07, 6.45) is 2.22. The quantitative estimate of drug-likeness (QED) is 0.859. The Morgan fingerprint density at radius 2 is 2.00 bits per heavy atom. The number of hydrogen-bond acceptors (Lipinski definition) is 2. The van der Waals surface area contributed by atoms with Crippen molar-refractivity contribution in [3.8, 4) is 0 Å². The smallest absolute Gasteiger partial charge is 0.338 e. The van der Waals surface area contributed by atoms with Crippen LogP contribution < -0.4 is 5.32 Å². The highest BCUT2D eigenvalue weighted by molar-refractivity contribution is 9.10. The van der Waals surface area contributed by atoms with Gasteiger partial charge in [-0.15, -0.1) is 0 Å². The molecule has 1 aromatic rings. The van der Waals surface area contributed by atoms with Gasteiger partial charge in [-0.3, -0.25) is 0 Å². The maximum atomic E-state index is 12.4. The van der Waals surface area contributed by atoms with E-state index in [9.17, 15) is 4.79 Å². The Morgan fingerprint density at radius 3 is 2.65 bits per heavy atom. The topological polar surface area (TPSA) is 42.9 Å². The molecule has 0 atom stereocenters. The third-order valence-electron chi connectivity index (χ3n) is 4.27. The highest BCUT2D eigenvalue weighted by atomic mass is 79.9. The van der Waals surface area contributed by atoms with Crippen LogP contribution in [0.2, 0.25) is 0 Å². The van der Waals surface area contributed by atoms with Crippen LogP contribution >= 0.6 is 15.9 Å². The van der Waals surface area contributed by atoms with E-state index in [2.05, 4.69) is 21.2 Å². The Hall–Kier alpha value is -0.870. The number of piperidine rings is 1. The average Bonchev–Trinajstić information content (AvgIpc) is 2.42. The maximum absolute atomic E-state index is 12.4. The fraction of sp³-hybridized carbons (Fsp3) is 0.562. The van der Waals surface area contributed by atoms with E-state index in [4.69, 9.17) is 4.74 Å². The van der Waals surface area contributed by atoms with Crippen molar-refractivity contribution >= 4 is 21.9 Å². The molecule has 0 aliphatic carbocycles. The molecule has 0 spiro atoms. The van der Waals surface area contributed by atoms with E-state index < -0.39 is 5.60 Å². The molecule has 1 heterocycles. The molecular weight excluding hydrogens is 318 g/mol. The summed E-state index contributed by atoms with van der Waals surface area (Å²) in [4.78, 5) is 12.4. The zero-order valence-corrected chi connectivity index (χ0v) is 14.0. The minimum absolute atomic E-state index is 0.219. The molecule has 2 rings (SSSR count). The van der Waals surface area contributed by atoms with Gasteiger partial charge in [-0.25, -0.2) is 4.79 Å². The molecule has 0 unspecified atom stereocenters. The molecule has 0 bridgehead atoms. The number of carbonyl (C=O) groups excluding carboxylic acids is 1. The molecule has 0 aromatic heterocycles. The normalized spacial score (nSPS) is 17.0. The van der Waals surface area contributed by atoms with Crippen LogP contribution in [0.1, 0.15) is 42.6 Å². The predicted octanol–water partition coefficient (Wildman–Crippen LogP) is 2.67. The van der Waals surface area contributed by atoms with Crippen LogP contribution in [-0.4, -0.2) is 24.7 Å². The van der Waals surface area contributed by atoms with E-state index in [0.717, 1.165) is 36.0 Å². The number of carbonyl (C=O) groups is 1. The van der Waals surface area contributed by atoms with Gasteiger partial charge in [-0.05, 0) is 38.5 Å². The van der Waals surface area contributed by atoms with E-state index in [-0.39, 0.29) is 5.97 Å².